The highest BCUT2D eigenvalue weighted by Gasteiger charge is 2.14. The Morgan fingerprint density at radius 2 is 2.41 bits per heavy atom. The van der Waals surface area contributed by atoms with Crippen LogP contribution in [0.4, 0.5) is 0 Å². The number of nitrogens with one attached hydrogen (secondary N) is 1. The minimum absolute atomic E-state index is 0.151. The van der Waals surface area contributed by atoms with E-state index in [1.807, 2.05) is 19.1 Å². The first-order chi connectivity index (χ1) is 8.16. The second-order valence-corrected chi connectivity index (χ2v) is 4.29. The molecule has 0 fully saturated rings. The molecule has 4 heteroatoms. The van der Waals surface area contributed by atoms with E-state index in [0.29, 0.717) is 6.54 Å². The summed E-state index contributed by atoms with van der Waals surface area (Å²) in [5, 5.41) is 11.8. The molecule has 0 aromatic heterocycles. The van der Waals surface area contributed by atoms with Crippen LogP contribution in [0.5, 0.6) is 5.75 Å². The van der Waals surface area contributed by atoms with Gasteiger partial charge in [-0.15, -0.1) is 0 Å². The fourth-order valence-corrected chi connectivity index (χ4v) is 1.99. The molecule has 1 aliphatic heterocycles. The summed E-state index contributed by atoms with van der Waals surface area (Å²) in [6, 6.07) is 6.33. The first-order valence-electron chi connectivity index (χ1n) is 5.87. The highest BCUT2D eigenvalue weighted by atomic mass is 16.5. The lowest BCUT2D eigenvalue weighted by molar-refractivity contribution is -0.136. The number of carbonyl (C=O) groups is 1. The van der Waals surface area contributed by atoms with Gasteiger partial charge in [0.25, 0.3) is 0 Å². The molecule has 2 N–H and O–H groups in total. The number of aliphatic carboxylic acids is 1. The molecule has 1 aliphatic rings. The van der Waals surface area contributed by atoms with Crippen molar-refractivity contribution in [1.29, 1.82) is 0 Å². The molecule has 0 amide bonds. The SMILES string of the molecule is CC(NCCC(=O)O)c1ccc2c(c1)CCO2. The van der Waals surface area contributed by atoms with Crippen molar-refractivity contribution in [3.8, 4) is 5.75 Å². The lowest BCUT2D eigenvalue weighted by Crippen LogP contribution is -2.21. The molecule has 1 aromatic rings. The molecule has 0 spiro atoms. The van der Waals surface area contributed by atoms with Gasteiger partial charge in [0.2, 0.25) is 0 Å². The quantitative estimate of drug-likeness (QED) is 0.816. The van der Waals surface area contributed by atoms with Crippen molar-refractivity contribution < 1.29 is 14.6 Å². The van der Waals surface area contributed by atoms with Crippen LogP contribution in [0.15, 0.2) is 18.2 Å². The Labute approximate surface area is 101 Å². The molecule has 2 rings (SSSR count). The maximum Gasteiger partial charge on any atom is 0.304 e. The van der Waals surface area contributed by atoms with Crippen molar-refractivity contribution in [3.05, 3.63) is 29.3 Å². The number of benzene rings is 1. The zero-order valence-corrected chi connectivity index (χ0v) is 9.90. The molecule has 0 saturated heterocycles. The van der Waals surface area contributed by atoms with Gasteiger partial charge < -0.3 is 15.2 Å². The molecular weight excluding hydrogens is 218 g/mol. The Morgan fingerprint density at radius 1 is 1.59 bits per heavy atom. The second-order valence-electron chi connectivity index (χ2n) is 4.29. The zero-order valence-electron chi connectivity index (χ0n) is 9.90. The minimum atomic E-state index is -0.771. The van der Waals surface area contributed by atoms with E-state index < -0.39 is 5.97 Å². The van der Waals surface area contributed by atoms with Crippen molar-refractivity contribution in [1.82, 2.24) is 5.32 Å². The summed E-state index contributed by atoms with van der Waals surface area (Å²) < 4.78 is 5.45. The fraction of sp³-hybridized carbons (Fsp3) is 0.462. The smallest absolute Gasteiger partial charge is 0.304 e. The number of hydrogen-bond donors (Lipinski definition) is 2. The van der Waals surface area contributed by atoms with Gasteiger partial charge in [-0.1, -0.05) is 12.1 Å². The molecule has 0 radical (unpaired) electrons. The standard InChI is InChI=1S/C13H17NO3/c1-9(14-6-4-13(15)16)10-2-3-12-11(8-10)5-7-17-12/h2-3,8-9,14H,4-7H2,1H3,(H,15,16). The normalized spacial score (nSPS) is 15.1. The van der Waals surface area contributed by atoms with E-state index >= 15 is 0 Å². The van der Waals surface area contributed by atoms with Gasteiger partial charge in [-0.3, -0.25) is 4.79 Å². The third-order valence-corrected chi connectivity index (χ3v) is 3.00. The van der Waals surface area contributed by atoms with Crippen LogP contribution in [0.2, 0.25) is 0 Å². The van der Waals surface area contributed by atoms with Crippen molar-refractivity contribution in [3.63, 3.8) is 0 Å². The summed E-state index contributed by atoms with van der Waals surface area (Å²) in [6.45, 7) is 3.29. The maximum absolute atomic E-state index is 10.4. The first-order valence-corrected chi connectivity index (χ1v) is 5.87. The summed E-state index contributed by atoms with van der Waals surface area (Å²) >= 11 is 0. The molecule has 92 valence electrons. The third kappa shape index (κ3) is 2.97. The Kier molecular flexibility index (Phi) is 3.64. The van der Waals surface area contributed by atoms with Crippen LogP contribution in [-0.4, -0.2) is 24.2 Å². The summed E-state index contributed by atoms with van der Waals surface area (Å²) in [5.41, 5.74) is 2.43. The first kappa shape index (κ1) is 11.9. The molecule has 0 aliphatic carbocycles. The summed E-state index contributed by atoms with van der Waals surface area (Å²) in [4.78, 5) is 10.4. The maximum atomic E-state index is 10.4. The van der Waals surface area contributed by atoms with Crippen LogP contribution in [-0.2, 0) is 11.2 Å². The van der Waals surface area contributed by atoms with Crippen LogP contribution in [0, 0.1) is 0 Å². The van der Waals surface area contributed by atoms with Crippen molar-refractivity contribution >= 4 is 5.97 Å². The molecular formula is C13H17NO3. The Balaban J connectivity index is 1.95. The summed E-state index contributed by atoms with van der Waals surface area (Å²) in [5.74, 6) is 0.207. The largest absolute Gasteiger partial charge is 0.493 e. The van der Waals surface area contributed by atoms with Gasteiger partial charge in [0.1, 0.15) is 5.75 Å². The predicted molar refractivity (Wildman–Crippen MR) is 64.3 cm³/mol. The van der Waals surface area contributed by atoms with Gasteiger partial charge >= 0.3 is 5.97 Å². The van der Waals surface area contributed by atoms with Crippen molar-refractivity contribution in [2.75, 3.05) is 13.2 Å². The molecule has 1 atom stereocenters. The number of carboxylic acid groups (broad SMARTS) is 1. The monoisotopic (exact) mass is 235 g/mol. The van der Waals surface area contributed by atoms with E-state index in [9.17, 15) is 4.79 Å². The molecule has 0 saturated carbocycles. The molecule has 1 heterocycles. The second kappa shape index (κ2) is 5.19. The van der Waals surface area contributed by atoms with Gasteiger partial charge in [-0.2, -0.15) is 0 Å². The van der Waals surface area contributed by atoms with Gasteiger partial charge in [-0.25, -0.2) is 0 Å². The van der Waals surface area contributed by atoms with Crippen LogP contribution in [0.3, 0.4) is 0 Å². The fourth-order valence-electron chi connectivity index (χ4n) is 1.99. The van der Waals surface area contributed by atoms with E-state index in [1.165, 1.54) is 11.1 Å². The van der Waals surface area contributed by atoms with E-state index in [1.54, 1.807) is 0 Å². The highest BCUT2D eigenvalue weighted by molar-refractivity contribution is 5.66. The van der Waals surface area contributed by atoms with Crippen LogP contribution < -0.4 is 10.1 Å². The number of hydrogen-bond acceptors (Lipinski definition) is 3. The van der Waals surface area contributed by atoms with Crippen LogP contribution in [0.25, 0.3) is 0 Å². The Bertz CT molecular complexity index is 417. The number of rotatable bonds is 5. The van der Waals surface area contributed by atoms with E-state index in [-0.39, 0.29) is 12.5 Å². The number of carboxylic acids is 1. The van der Waals surface area contributed by atoms with E-state index in [4.69, 9.17) is 9.84 Å². The molecule has 4 nitrogen and oxygen atoms in total. The zero-order chi connectivity index (χ0) is 12.3. The predicted octanol–water partition coefficient (Wildman–Crippen LogP) is 1.75. The van der Waals surface area contributed by atoms with E-state index in [2.05, 4.69) is 11.4 Å². The average molecular weight is 235 g/mol. The van der Waals surface area contributed by atoms with Gasteiger partial charge in [-0.05, 0) is 24.1 Å². The van der Waals surface area contributed by atoms with Crippen molar-refractivity contribution in [2.24, 2.45) is 0 Å². The van der Waals surface area contributed by atoms with Crippen LogP contribution in [0.1, 0.15) is 30.5 Å². The Hall–Kier alpha value is -1.55. The molecule has 1 aromatic carbocycles. The lowest BCUT2D eigenvalue weighted by Gasteiger charge is -2.14. The highest BCUT2D eigenvalue weighted by Crippen LogP contribution is 2.27. The van der Waals surface area contributed by atoms with E-state index in [0.717, 1.165) is 18.8 Å². The number of ether oxygens (including phenoxy) is 1. The van der Waals surface area contributed by atoms with Gasteiger partial charge in [0.15, 0.2) is 0 Å². The van der Waals surface area contributed by atoms with Crippen molar-refractivity contribution in [2.45, 2.75) is 25.8 Å². The number of fused-ring (bicyclic) bond motifs is 1. The lowest BCUT2D eigenvalue weighted by atomic mass is 10.0. The third-order valence-electron chi connectivity index (χ3n) is 3.00. The summed E-state index contributed by atoms with van der Waals surface area (Å²) in [6.07, 6.45) is 1.11. The van der Waals surface area contributed by atoms with Gasteiger partial charge in [0, 0.05) is 19.0 Å². The topological polar surface area (TPSA) is 58.6 Å². The van der Waals surface area contributed by atoms with Gasteiger partial charge in [0.05, 0.1) is 13.0 Å². The molecule has 0 bridgehead atoms. The average Bonchev–Trinajstić information content (AvgIpc) is 2.75. The Morgan fingerprint density at radius 3 is 3.18 bits per heavy atom. The summed E-state index contributed by atoms with van der Waals surface area (Å²) in [7, 11) is 0. The molecule has 17 heavy (non-hydrogen) atoms. The van der Waals surface area contributed by atoms with Crippen LogP contribution >= 0.6 is 0 Å². The molecule has 1 unspecified atom stereocenters. The minimum Gasteiger partial charge on any atom is -0.493 e.